The quantitative estimate of drug-likeness (QED) is 0.791. The number of halogens is 3. The van der Waals surface area contributed by atoms with E-state index >= 15 is 0 Å². The summed E-state index contributed by atoms with van der Waals surface area (Å²) in [6.07, 6.45) is -1.85. The first kappa shape index (κ1) is 17.0. The normalized spacial score (nSPS) is 18.4. The van der Waals surface area contributed by atoms with Gasteiger partial charge in [0.2, 0.25) is 0 Å². The first-order valence-corrected chi connectivity index (χ1v) is 8.03. The number of hydrogen-bond acceptors (Lipinski definition) is 3. The molecule has 130 valence electrons. The van der Waals surface area contributed by atoms with Crippen LogP contribution < -0.4 is 0 Å². The van der Waals surface area contributed by atoms with Crippen LogP contribution in [-0.2, 0) is 23.9 Å². The van der Waals surface area contributed by atoms with Gasteiger partial charge in [0, 0.05) is 19.2 Å². The fourth-order valence-corrected chi connectivity index (χ4v) is 2.93. The van der Waals surface area contributed by atoms with E-state index in [1.807, 2.05) is 18.2 Å². The molecule has 1 aromatic heterocycles. The molecule has 1 aliphatic rings. The molecule has 0 aliphatic carbocycles. The Balaban J connectivity index is 1.67. The summed E-state index contributed by atoms with van der Waals surface area (Å²) in [7, 11) is 0. The molecule has 0 spiro atoms. The average molecular weight is 339 g/mol. The Morgan fingerprint density at radius 2 is 1.96 bits per heavy atom. The van der Waals surface area contributed by atoms with Crippen LogP contribution in [0.3, 0.4) is 0 Å². The Hall–Kier alpha value is -1.79. The summed E-state index contributed by atoms with van der Waals surface area (Å²) in [6, 6.07) is 11.4. The molecule has 3 nitrogen and oxygen atoms in total. The van der Waals surface area contributed by atoms with E-state index in [0.717, 1.165) is 31.7 Å². The summed E-state index contributed by atoms with van der Waals surface area (Å²) in [5.74, 6) is 0.335. The highest BCUT2D eigenvalue weighted by Gasteiger charge is 2.33. The largest absolute Gasteiger partial charge is 0.467 e. The Morgan fingerprint density at radius 1 is 1.17 bits per heavy atom. The molecule has 1 fully saturated rings. The summed E-state index contributed by atoms with van der Waals surface area (Å²) in [5.41, 5.74) is 0.472. The van der Waals surface area contributed by atoms with E-state index in [0.29, 0.717) is 25.5 Å². The lowest BCUT2D eigenvalue weighted by Gasteiger charge is -2.27. The average Bonchev–Trinajstić information content (AvgIpc) is 3.23. The van der Waals surface area contributed by atoms with Crippen molar-refractivity contribution < 1.29 is 22.3 Å². The fraction of sp³-hybridized carbons (Fsp3) is 0.444. The molecule has 1 atom stereocenters. The van der Waals surface area contributed by atoms with Crippen LogP contribution in [-0.4, -0.2) is 30.7 Å². The number of benzene rings is 1. The van der Waals surface area contributed by atoms with Crippen molar-refractivity contribution in [3.63, 3.8) is 0 Å². The third-order valence-corrected chi connectivity index (χ3v) is 4.29. The zero-order valence-corrected chi connectivity index (χ0v) is 13.3. The maximum absolute atomic E-state index is 12.7. The molecule has 3 rings (SSSR count). The van der Waals surface area contributed by atoms with Gasteiger partial charge in [-0.2, -0.15) is 13.2 Å². The van der Waals surface area contributed by atoms with E-state index in [2.05, 4.69) is 17.0 Å². The van der Waals surface area contributed by atoms with Crippen molar-refractivity contribution in [3.05, 3.63) is 59.5 Å². The van der Waals surface area contributed by atoms with Crippen LogP contribution in [0, 0.1) is 0 Å². The molecule has 0 bridgehead atoms. The second-order valence-corrected chi connectivity index (χ2v) is 6.02. The second-order valence-electron chi connectivity index (χ2n) is 6.02. The van der Waals surface area contributed by atoms with Gasteiger partial charge in [-0.3, -0.25) is 4.90 Å². The zero-order valence-electron chi connectivity index (χ0n) is 13.3. The summed E-state index contributed by atoms with van der Waals surface area (Å²) in [5, 5.41) is 0. The van der Waals surface area contributed by atoms with Gasteiger partial charge in [0.25, 0.3) is 0 Å². The van der Waals surface area contributed by atoms with Crippen LogP contribution >= 0.6 is 0 Å². The minimum absolute atomic E-state index is 0.216. The molecule has 1 aliphatic heterocycles. The molecule has 0 N–H and O–H groups in total. The van der Waals surface area contributed by atoms with Crippen molar-refractivity contribution in [2.24, 2.45) is 0 Å². The first-order chi connectivity index (χ1) is 11.5. The molecular formula is C18H20F3NO2. The van der Waals surface area contributed by atoms with E-state index in [1.54, 1.807) is 0 Å². The Labute approximate surface area is 139 Å². The Morgan fingerprint density at radius 3 is 2.58 bits per heavy atom. The molecule has 6 heteroatoms. The maximum Gasteiger partial charge on any atom is 0.419 e. The lowest BCUT2D eigenvalue weighted by Crippen LogP contribution is -2.36. The molecule has 1 unspecified atom stereocenters. The lowest BCUT2D eigenvalue weighted by molar-refractivity contribution is -0.137. The number of nitrogens with zero attached hydrogens (tertiary/aromatic N) is 1. The van der Waals surface area contributed by atoms with Gasteiger partial charge in [0.15, 0.2) is 0 Å². The van der Waals surface area contributed by atoms with Crippen molar-refractivity contribution in [2.75, 3.05) is 19.8 Å². The third-order valence-electron chi connectivity index (χ3n) is 4.29. The van der Waals surface area contributed by atoms with Gasteiger partial charge in [-0.25, -0.2) is 0 Å². The van der Waals surface area contributed by atoms with E-state index in [9.17, 15) is 13.2 Å². The van der Waals surface area contributed by atoms with Crippen LogP contribution in [0.4, 0.5) is 13.2 Å². The van der Waals surface area contributed by atoms with Gasteiger partial charge in [-0.1, -0.05) is 30.3 Å². The molecule has 1 saturated heterocycles. The highest BCUT2D eigenvalue weighted by atomic mass is 19.4. The van der Waals surface area contributed by atoms with E-state index < -0.39 is 11.7 Å². The van der Waals surface area contributed by atoms with Crippen LogP contribution in [0.25, 0.3) is 0 Å². The van der Waals surface area contributed by atoms with Crippen molar-refractivity contribution in [3.8, 4) is 0 Å². The Kier molecular flexibility index (Phi) is 5.26. The molecule has 0 radical (unpaired) electrons. The minimum Gasteiger partial charge on any atom is -0.467 e. The van der Waals surface area contributed by atoms with Crippen molar-refractivity contribution >= 4 is 0 Å². The predicted molar refractivity (Wildman–Crippen MR) is 83.5 cm³/mol. The second kappa shape index (κ2) is 7.40. The predicted octanol–water partition coefficient (Wildman–Crippen LogP) is 4.13. The minimum atomic E-state index is -4.37. The number of rotatable bonds is 6. The van der Waals surface area contributed by atoms with Gasteiger partial charge < -0.3 is 9.15 Å². The number of furan rings is 1. The number of ether oxygens (including phenoxy) is 1. The lowest BCUT2D eigenvalue weighted by atomic mass is 10.1. The topological polar surface area (TPSA) is 25.6 Å². The van der Waals surface area contributed by atoms with Crippen molar-refractivity contribution in [1.82, 2.24) is 4.90 Å². The molecule has 2 aromatic rings. The molecular weight excluding hydrogens is 319 g/mol. The first-order valence-electron chi connectivity index (χ1n) is 8.03. The van der Waals surface area contributed by atoms with Gasteiger partial charge in [-0.15, -0.1) is 0 Å². The molecule has 0 saturated carbocycles. The summed E-state index contributed by atoms with van der Waals surface area (Å²) in [4.78, 5) is 2.15. The number of hydrogen-bond donors (Lipinski definition) is 0. The zero-order chi connectivity index (χ0) is 17.0. The van der Waals surface area contributed by atoms with Crippen molar-refractivity contribution in [2.45, 2.75) is 31.6 Å². The van der Waals surface area contributed by atoms with E-state index in [4.69, 9.17) is 9.15 Å². The molecule has 0 amide bonds. The molecule has 2 heterocycles. The fourth-order valence-electron chi connectivity index (χ4n) is 2.93. The van der Waals surface area contributed by atoms with Gasteiger partial charge >= 0.3 is 6.18 Å². The van der Waals surface area contributed by atoms with Gasteiger partial charge in [-0.05, 0) is 24.5 Å². The smallest absolute Gasteiger partial charge is 0.419 e. The monoisotopic (exact) mass is 339 g/mol. The van der Waals surface area contributed by atoms with Gasteiger partial charge in [0.1, 0.15) is 12.0 Å². The van der Waals surface area contributed by atoms with E-state index in [1.165, 1.54) is 5.56 Å². The summed E-state index contributed by atoms with van der Waals surface area (Å²) < 4.78 is 48.7. The molecule has 1 aromatic carbocycles. The summed E-state index contributed by atoms with van der Waals surface area (Å²) in [6.45, 7) is 2.41. The SMILES string of the molecule is FC(F)(F)c1coc(CN(CCc2ccccc2)C2CCOC2)c1. The highest BCUT2D eigenvalue weighted by molar-refractivity contribution is 5.17. The molecule has 24 heavy (non-hydrogen) atoms. The summed E-state index contributed by atoms with van der Waals surface area (Å²) >= 11 is 0. The maximum atomic E-state index is 12.7. The van der Waals surface area contributed by atoms with Crippen LogP contribution in [0.1, 0.15) is 23.3 Å². The highest BCUT2D eigenvalue weighted by Crippen LogP contribution is 2.31. The van der Waals surface area contributed by atoms with E-state index in [-0.39, 0.29) is 6.04 Å². The van der Waals surface area contributed by atoms with Crippen LogP contribution in [0.2, 0.25) is 0 Å². The van der Waals surface area contributed by atoms with Gasteiger partial charge in [0.05, 0.1) is 18.7 Å². The standard InChI is InChI=1S/C18H20F3NO2/c19-18(20,21)15-10-17(24-12-15)11-22(16-7-9-23-13-16)8-6-14-4-2-1-3-5-14/h1-5,10,12,16H,6-9,11,13H2. The van der Waals surface area contributed by atoms with Crippen LogP contribution in [0.15, 0.2) is 47.1 Å². The number of alkyl halides is 3. The Bertz CT molecular complexity index is 633. The van der Waals surface area contributed by atoms with Crippen molar-refractivity contribution in [1.29, 1.82) is 0 Å². The van der Waals surface area contributed by atoms with Crippen LogP contribution in [0.5, 0.6) is 0 Å². The third kappa shape index (κ3) is 4.39.